The van der Waals surface area contributed by atoms with Crippen LogP contribution in [0.25, 0.3) is 0 Å². The average molecular weight is 247 g/mol. The van der Waals surface area contributed by atoms with E-state index in [0.717, 1.165) is 17.7 Å². The van der Waals surface area contributed by atoms with Gasteiger partial charge < -0.3 is 9.84 Å². The summed E-state index contributed by atoms with van der Waals surface area (Å²) in [5.74, 6) is 0.849. The second kappa shape index (κ2) is 6.13. The van der Waals surface area contributed by atoms with E-state index in [4.69, 9.17) is 16.3 Å². The fourth-order valence-corrected chi connectivity index (χ4v) is 1.98. The third kappa shape index (κ3) is 3.50. The molecule has 0 aromatic heterocycles. The molecular weight excluding hydrogens is 232 g/mol. The molecule has 0 atom stereocenters. The van der Waals surface area contributed by atoms with E-state index in [1.54, 1.807) is 6.07 Å². The zero-order chi connectivity index (χ0) is 11.3. The molecule has 0 bridgehead atoms. The van der Waals surface area contributed by atoms with Crippen LogP contribution in [0.5, 0.6) is 11.5 Å². The van der Waals surface area contributed by atoms with Gasteiger partial charge in [-0.15, -0.1) is 11.8 Å². The molecule has 0 amide bonds. The van der Waals surface area contributed by atoms with Gasteiger partial charge >= 0.3 is 0 Å². The fraction of sp³-hybridized carbons (Fsp3) is 0.455. The molecule has 0 radical (unpaired) electrons. The molecule has 0 aliphatic heterocycles. The van der Waals surface area contributed by atoms with Gasteiger partial charge in [0, 0.05) is 11.1 Å². The lowest BCUT2D eigenvalue weighted by Crippen LogP contribution is -1.97. The molecule has 1 aromatic carbocycles. The average Bonchev–Trinajstić information content (AvgIpc) is 2.17. The van der Waals surface area contributed by atoms with E-state index in [-0.39, 0.29) is 5.75 Å². The van der Waals surface area contributed by atoms with Crippen molar-refractivity contribution in [3.63, 3.8) is 0 Å². The number of halogens is 1. The van der Waals surface area contributed by atoms with E-state index < -0.39 is 0 Å². The lowest BCUT2D eigenvalue weighted by atomic mass is 10.3. The number of phenolic OH excluding ortho intramolecular Hbond substituents is 1. The van der Waals surface area contributed by atoms with Crippen LogP contribution < -0.4 is 4.74 Å². The van der Waals surface area contributed by atoms with E-state index in [1.807, 2.05) is 6.26 Å². The van der Waals surface area contributed by atoms with Crippen molar-refractivity contribution in [2.75, 3.05) is 12.9 Å². The Kier molecular flexibility index (Phi) is 5.12. The molecule has 0 aliphatic carbocycles. The Labute approximate surface area is 99.6 Å². The van der Waals surface area contributed by atoms with Crippen molar-refractivity contribution >= 4 is 23.4 Å². The molecule has 0 saturated carbocycles. The maximum atomic E-state index is 9.64. The summed E-state index contributed by atoms with van der Waals surface area (Å²) in [5, 5.41) is 10.1. The fourth-order valence-electron chi connectivity index (χ4n) is 1.19. The number of ether oxygens (including phenoxy) is 1. The molecule has 1 rings (SSSR count). The Morgan fingerprint density at radius 1 is 1.47 bits per heavy atom. The monoisotopic (exact) mass is 246 g/mol. The predicted octanol–water partition coefficient (Wildman–Crippen LogP) is 3.95. The number of aromatic hydroxyl groups is 1. The van der Waals surface area contributed by atoms with Gasteiger partial charge in [0.1, 0.15) is 11.5 Å². The highest BCUT2D eigenvalue weighted by molar-refractivity contribution is 7.98. The summed E-state index contributed by atoms with van der Waals surface area (Å²) in [7, 11) is 0. The Bertz CT molecular complexity index is 329. The van der Waals surface area contributed by atoms with Crippen molar-refractivity contribution in [2.45, 2.75) is 24.7 Å². The van der Waals surface area contributed by atoms with Crippen LogP contribution >= 0.6 is 23.4 Å². The van der Waals surface area contributed by atoms with Crippen LogP contribution in [0.15, 0.2) is 17.0 Å². The summed E-state index contributed by atoms with van der Waals surface area (Å²) < 4.78 is 5.56. The van der Waals surface area contributed by atoms with Crippen molar-refractivity contribution in [1.82, 2.24) is 0 Å². The molecule has 4 heteroatoms. The number of rotatable bonds is 5. The van der Waals surface area contributed by atoms with Gasteiger partial charge in [-0.25, -0.2) is 0 Å². The molecule has 84 valence electrons. The number of hydrogen-bond acceptors (Lipinski definition) is 3. The molecule has 15 heavy (non-hydrogen) atoms. The summed E-state index contributed by atoms with van der Waals surface area (Å²) in [5.41, 5.74) is 0. The standard InChI is InChI=1S/C11H15ClO2S/c1-3-4-5-14-10-7-8(12)6-9(13)11(10)15-2/h6-7,13H,3-5H2,1-2H3. The minimum absolute atomic E-state index is 0.182. The first-order valence-corrected chi connectivity index (χ1v) is 6.48. The van der Waals surface area contributed by atoms with Gasteiger partial charge in [-0.05, 0) is 18.7 Å². The van der Waals surface area contributed by atoms with Gasteiger partial charge in [0.05, 0.1) is 11.5 Å². The maximum Gasteiger partial charge on any atom is 0.138 e. The SMILES string of the molecule is CCCCOc1cc(Cl)cc(O)c1SC. The van der Waals surface area contributed by atoms with Crippen LogP contribution in [0, 0.1) is 0 Å². The Balaban J connectivity index is 2.84. The molecule has 1 N–H and O–H groups in total. The topological polar surface area (TPSA) is 29.5 Å². The lowest BCUT2D eigenvalue weighted by molar-refractivity contribution is 0.299. The number of benzene rings is 1. The molecule has 0 spiro atoms. The Morgan fingerprint density at radius 3 is 2.80 bits per heavy atom. The molecule has 0 heterocycles. The first kappa shape index (κ1) is 12.5. The van der Waals surface area contributed by atoms with Crippen LogP contribution in [0.1, 0.15) is 19.8 Å². The molecule has 0 saturated heterocycles. The van der Waals surface area contributed by atoms with Crippen molar-refractivity contribution in [3.8, 4) is 11.5 Å². The second-order valence-corrected chi connectivity index (χ2v) is 4.41. The van der Waals surface area contributed by atoms with Crippen LogP contribution in [-0.4, -0.2) is 18.0 Å². The van der Waals surface area contributed by atoms with Crippen molar-refractivity contribution in [2.24, 2.45) is 0 Å². The second-order valence-electron chi connectivity index (χ2n) is 3.16. The van der Waals surface area contributed by atoms with E-state index in [0.29, 0.717) is 17.4 Å². The van der Waals surface area contributed by atoms with Crippen LogP contribution in [0.3, 0.4) is 0 Å². The van der Waals surface area contributed by atoms with Crippen LogP contribution in [0.2, 0.25) is 5.02 Å². The molecular formula is C11H15ClO2S. The number of unbranched alkanes of at least 4 members (excludes halogenated alkanes) is 1. The Morgan fingerprint density at radius 2 is 2.20 bits per heavy atom. The van der Waals surface area contributed by atoms with Gasteiger partial charge in [-0.3, -0.25) is 0 Å². The zero-order valence-electron chi connectivity index (χ0n) is 8.92. The van der Waals surface area contributed by atoms with Gasteiger partial charge in [0.15, 0.2) is 0 Å². The smallest absolute Gasteiger partial charge is 0.138 e. The number of thioether (sulfide) groups is 1. The molecule has 2 nitrogen and oxygen atoms in total. The molecule has 0 unspecified atom stereocenters. The van der Waals surface area contributed by atoms with Gasteiger partial charge in [-0.2, -0.15) is 0 Å². The largest absolute Gasteiger partial charge is 0.507 e. The zero-order valence-corrected chi connectivity index (χ0v) is 10.5. The van der Waals surface area contributed by atoms with E-state index in [2.05, 4.69) is 6.92 Å². The van der Waals surface area contributed by atoms with Gasteiger partial charge in [0.2, 0.25) is 0 Å². The van der Waals surface area contributed by atoms with E-state index >= 15 is 0 Å². The minimum atomic E-state index is 0.182. The third-order valence-electron chi connectivity index (χ3n) is 1.96. The summed E-state index contributed by atoms with van der Waals surface area (Å²) in [6, 6.07) is 3.27. The van der Waals surface area contributed by atoms with Crippen molar-refractivity contribution in [3.05, 3.63) is 17.2 Å². The molecule has 0 fully saturated rings. The predicted molar refractivity (Wildman–Crippen MR) is 65.3 cm³/mol. The Hall–Kier alpha value is -0.540. The lowest BCUT2D eigenvalue weighted by Gasteiger charge is -2.11. The van der Waals surface area contributed by atoms with E-state index in [9.17, 15) is 5.11 Å². The van der Waals surface area contributed by atoms with Crippen LogP contribution in [-0.2, 0) is 0 Å². The third-order valence-corrected chi connectivity index (χ3v) is 3.00. The quantitative estimate of drug-likeness (QED) is 0.630. The molecule has 0 aliphatic rings. The van der Waals surface area contributed by atoms with Crippen LogP contribution in [0.4, 0.5) is 0 Å². The first-order valence-electron chi connectivity index (χ1n) is 4.88. The normalized spacial score (nSPS) is 10.3. The first-order chi connectivity index (χ1) is 7.19. The number of phenols is 1. The maximum absolute atomic E-state index is 9.64. The summed E-state index contributed by atoms with van der Waals surface area (Å²) >= 11 is 7.30. The molecule has 1 aromatic rings. The summed E-state index contributed by atoms with van der Waals surface area (Å²) in [6.07, 6.45) is 3.98. The minimum Gasteiger partial charge on any atom is -0.507 e. The highest BCUT2D eigenvalue weighted by Crippen LogP contribution is 2.38. The van der Waals surface area contributed by atoms with Crippen molar-refractivity contribution in [1.29, 1.82) is 0 Å². The number of hydrogen-bond donors (Lipinski definition) is 1. The van der Waals surface area contributed by atoms with Crippen molar-refractivity contribution < 1.29 is 9.84 Å². The highest BCUT2D eigenvalue weighted by atomic mass is 35.5. The summed E-state index contributed by atoms with van der Waals surface area (Å²) in [4.78, 5) is 0.746. The highest BCUT2D eigenvalue weighted by Gasteiger charge is 2.09. The summed E-state index contributed by atoms with van der Waals surface area (Å²) in [6.45, 7) is 2.76. The van der Waals surface area contributed by atoms with Gasteiger partial charge in [0.25, 0.3) is 0 Å². The van der Waals surface area contributed by atoms with Gasteiger partial charge in [-0.1, -0.05) is 24.9 Å². The van der Waals surface area contributed by atoms with E-state index in [1.165, 1.54) is 17.8 Å².